The monoisotopic (exact) mass is 487 g/mol. The SMILES string of the molecule is COc1ccc([C@@H]2C(C(=O)Nc3ccccc3)=C(C)N=c3s/c(=C/c4cccs4)c(=O)n32)cc1. The number of carbonyl (C=O) groups is 1. The predicted molar refractivity (Wildman–Crippen MR) is 136 cm³/mol. The number of thiazole rings is 1. The number of nitrogens with one attached hydrogen (secondary N) is 1. The molecule has 0 spiro atoms. The molecule has 1 aliphatic heterocycles. The highest BCUT2D eigenvalue weighted by Crippen LogP contribution is 2.31. The Hall–Kier alpha value is -3.75. The van der Waals surface area contributed by atoms with Crippen LogP contribution in [0.1, 0.15) is 23.4 Å². The Morgan fingerprint density at radius 1 is 1.09 bits per heavy atom. The maximum Gasteiger partial charge on any atom is 0.271 e. The van der Waals surface area contributed by atoms with Crippen molar-refractivity contribution in [3.63, 3.8) is 0 Å². The molecule has 1 N–H and O–H groups in total. The standard InChI is InChI=1S/C26H21N3O3S2/c1-16-22(24(30)28-18-7-4-3-5-8-18)23(17-10-12-19(32-2)13-11-17)29-25(31)21(34-26(29)27-16)15-20-9-6-14-33-20/h3-15,23H,1-2H3,(H,28,30)/b21-15+/t23-/m1/s1. The molecule has 1 atom stereocenters. The maximum atomic E-state index is 13.6. The van der Waals surface area contributed by atoms with E-state index >= 15 is 0 Å². The number of hydrogen-bond acceptors (Lipinski definition) is 6. The second-order valence-corrected chi connectivity index (χ2v) is 9.68. The molecule has 6 nitrogen and oxygen atoms in total. The molecule has 0 unspecified atom stereocenters. The topological polar surface area (TPSA) is 72.7 Å². The molecule has 0 saturated carbocycles. The molecule has 0 fully saturated rings. The molecule has 0 aliphatic carbocycles. The summed E-state index contributed by atoms with van der Waals surface area (Å²) in [6.45, 7) is 1.81. The average molecular weight is 488 g/mol. The first-order valence-electron chi connectivity index (χ1n) is 10.6. The lowest BCUT2D eigenvalue weighted by atomic mass is 9.95. The number of thiophene rings is 1. The van der Waals surface area contributed by atoms with E-state index in [0.29, 0.717) is 32.0 Å². The Kier molecular flexibility index (Phi) is 6.00. The number of aromatic nitrogens is 1. The lowest BCUT2D eigenvalue weighted by Gasteiger charge is -2.25. The van der Waals surface area contributed by atoms with Crippen molar-refractivity contribution in [3.05, 3.63) is 114 Å². The highest BCUT2D eigenvalue weighted by atomic mass is 32.1. The third kappa shape index (κ3) is 4.13. The first kappa shape index (κ1) is 22.1. The molecule has 5 rings (SSSR count). The average Bonchev–Trinajstić information content (AvgIpc) is 3.47. The third-order valence-corrected chi connectivity index (χ3v) is 7.35. The van der Waals surface area contributed by atoms with E-state index in [9.17, 15) is 9.59 Å². The first-order valence-corrected chi connectivity index (χ1v) is 12.3. The Labute approximate surface area is 203 Å². The molecule has 2 aromatic carbocycles. The van der Waals surface area contributed by atoms with Crippen LogP contribution in [0.3, 0.4) is 0 Å². The number of para-hydroxylation sites is 1. The van der Waals surface area contributed by atoms with Gasteiger partial charge in [-0.1, -0.05) is 47.7 Å². The van der Waals surface area contributed by atoms with Crippen molar-refractivity contribution in [1.29, 1.82) is 0 Å². The molecule has 1 aliphatic rings. The van der Waals surface area contributed by atoms with E-state index in [2.05, 4.69) is 10.3 Å². The molecular weight excluding hydrogens is 466 g/mol. The minimum Gasteiger partial charge on any atom is -0.497 e. The summed E-state index contributed by atoms with van der Waals surface area (Å²) in [4.78, 5) is 33.3. The molecule has 3 heterocycles. The number of fused-ring (bicyclic) bond motifs is 1. The van der Waals surface area contributed by atoms with E-state index in [-0.39, 0.29) is 11.5 Å². The van der Waals surface area contributed by atoms with Crippen molar-refractivity contribution in [1.82, 2.24) is 4.57 Å². The van der Waals surface area contributed by atoms with E-state index in [1.165, 1.54) is 11.3 Å². The molecule has 170 valence electrons. The third-order valence-electron chi connectivity index (χ3n) is 5.55. The lowest BCUT2D eigenvalue weighted by Crippen LogP contribution is -2.40. The lowest BCUT2D eigenvalue weighted by molar-refractivity contribution is -0.113. The minimum atomic E-state index is -0.614. The van der Waals surface area contributed by atoms with Crippen LogP contribution in [0.25, 0.3) is 6.08 Å². The van der Waals surface area contributed by atoms with E-state index in [1.54, 1.807) is 23.0 Å². The zero-order valence-corrected chi connectivity index (χ0v) is 20.2. The molecule has 2 aromatic heterocycles. The summed E-state index contributed by atoms with van der Waals surface area (Å²) in [5.74, 6) is 0.408. The van der Waals surface area contributed by atoms with Crippen LogP contribution in [0.4, 0.5) is 5.69 Å². The highest BCUT2D eigenvalue weighted by molar-refractivity contribution is 7.11. The van der Waals surface area contributed by atoms with Gasteiger partial charge in [0.2, 0.25) is 0 Å². The Morgan fingerprint density at radius 3 is 2.53 bits per heavy atom. The fourth-order valence-corrected chi connectivity index (χ4v) is 5.71. The number of nitrogens with zero attached hydrogens (tertiary/aromatic N) is 2. The van der Waals surface area contributed by atoms with Crippen molar-refractivity contribution < 1.29 is 9.53 Å². The highest BCUT2D eigenvalue weighted by Gasteiger charge is 2.32. The molecule has 34 heavy (non-hydrogen) atoms. The first-order chi connectivity index (χ1) is 16.5. The van der Waals surface area contributed by atoms with Crippen molar-refractivity contribution in [2.75, 3.05) is 12.4 Å². The van der Waals surface area contributed by atoms with Gasteiger partial charge in [0.05, 0.1) is 29.0 Å². The van der Waals surface area contributed by atoms with Gasteiger partial charge in [-0.05, 0) is 54.3 Å². The number of methoxy groups -OCH3 is 1. The van der Waals surface area contributed by atoms with Gasteiger partial charge < -0.3 is 10.1 Å². The van der Waals surface area contributed by atoms with Crippen LogP contribution >= 0.6 is 22.7 Å². The number of benzene rings is 2. The second-order valence-electron chi connectivity index (χ2n) is 7.69. The van der Waals surface area contributed by atoms with Gasteiger partial charge >= 0.3 is 0 Å². The van der Waals surface area contributed by atoms with Gasteiger partial charge in [-0.15, -0.1) is 11.3 Å². The molecule has 1 amide bonds. The van der Waals surface area contributed by atoms with Gasteiger partial charge in [-0.25, -0.2) is 4.99 Å². The number of carbonyl (C=O) groups excluding carboxylic acids is 1. The fourth-order valence-electron chi connectivity index (χ4n) is 3.94. The van der Waals surface area contributed by atoms with Crippen molar-refractivity contribution in [2.24, 2.45) is 4.99 Å². The molecule has 4 aromatic rings. The van der Waals surface area contributed by atoms with E-state index in [0.717, 1.165) is 10.4 Å². The van der Waals surface area contributed by atoms with Crippen molar-refractivity contribution in [2.45, 2.75) is 13.0 Å². The van der Waals surface area contributed by atoms with Gasteiger partial charge in [-0.2, -0.15) is 0 Å². The van der Waals surface area contributed by atoms with Gasteiger partial charge in [0.15, 0.2) is 4.80 Å². The van der Waals surface area contributed by atoms with Crippen LogP contribution < -0.4 is 24.9 Å². The molecular formula is C26H21N3O3S2. The summed E-state index contributed by atoms with van der Waals surface area (Å²) in [5, 5.41) is 4.93. The van der Waals surface area contributed by atoms with Crippen molar-refractivity contribution >= 4 is 40.3 Å². The second kappa shape index (κ2) is 9.24. The molecule has 0 saturated heterocycles. The normalized spacial score (nSPS) is 15.6. The minimum absolute atomic E-state index is 0.171. The molecule has 0 radical (unpaired) electrons. The number of amides is 1. The zero-order valence-electron chi connectivity index (χ0n) is 18.5. The summed E-state index contributed by atoms with van der Waals surface area (Å²) in [6, 6.07) is 20.0. The van der Waals surface area contributed by atoms with Crippen molar-refractivity contribution in [3.8, 4) is 5.75 Å². The predicted octanol–water partition coefficient (Wildman–Crippen LogP) is 3.94. The molecule has 0 bridgehead atoms. The Morgan fingerprint density at radius 2 is 1.85 bits per heavy atom. The summed E-state index contributed by atoms with van der Waals surface area (Å²) >= 11 is 2.90. The number of allylic oxidation sites excluding steroid dienone is 1. The van der Waals surface area contributed by atoms with Gasteiger partial charge in [0.1, 0.15) is 5.75 Å². The van der Waals surface area contributed by atoms with E-state index in [4.69, 9.17) is 4.74 Å². The number of hydrogen-bond donors (Lipinski definition) is 1. The maximum absolute atomic E-state index is 13.6. The van der Waals surface area contributed by atoms with Crippen LogP contribution in [0, 0.1) is 0 Å². The van der Waals surface area contributed by atoms with Crippen LogP contribution in [0.2, 0.25) is 0 Å². The number of anilines is 1. The molecule has 8 heteroatoms. The van der Waals surface area contributed by atoms with Crippen LogP contribution in [-0.2, 0) is 4.79 Å². The van der Waals surface area contributed by atoms with Gasteiger partial charge in [-0.3, -0.25) is 14.2 Å². The Balaban J connectivity index is 1.68. The number of ether oxygens (including phenoxy) is 1. The van der Waals surface area contributed by atoms with E-state index in [1.807, 2.05) is 85.1 Å². The van der Waals surface area contributed by atoms with Crippen LogP contribution in [0.15, 0.2) is 93.2 Å². The summed E-state index contributed by atoms with van der Waals surface area (Å²) in [6.07, 6.45) is 1.88. The summed E-state index contributed by atoms with van der Waals surface area (Å²) < 4.78 is 7.51. The largest absolute Gasteiger partial charge is 0.497 e. The number of rotatable bonds is 5. The fraction of sp³-hybridized carbons (Fsp3) is 0.115. The summed E-state index contributed by atoms with van der Waals surface area (Å²) in [7, 11) is 1.60. The van der Waals surface area contributed by atoms with Gasteiger partial charge in [0, 0.05) is 10.6 Å². The van der Waals surface area contributed by atoms with Gasteiger partial charge in [0.25, 0.3) is 11.5 Å². The zero-order chi connectivity index (χ0) is 23.7. The van der Waals surface area contributed by atoms with Crippen LogP contribution in [-0.4, -0.2) is 17.6 Å². The Bertz CT molecular complexity index is 1550. The van der Waals surface area contributed by atoms with Crippen LogP contribution in [0.5, 0.6) is 5.75 Å². The quantitative estimate of drug-likeness (QED) is 0.463. The summed E-state index contributed by atoms with van der Waals surface area (Å²) in [5.41, 5.74) is 2.33. The van der Waals surface area contributed by atoms with E-state index < -0.39 is 6.04 Å². The smallest absolute Gasteiger partial charge is 0.271 e.